The summed E-state index contributed by atoms with van der Waals surface area (Å²) in [7, 11) is 0. The zero-order chi connectivity index (χ0) is 9.54. The first-order valence-electron chi connectivity index (χ1n) is 4.22. The maximum atomic E-state index is 6.11. The van der Waals surface area contributed by atoms with Crippen LogP contribution in [0.5, 0.6) is 0 Å². The highest BCUT2D eigenvalue weighted by Gasteiger charge is 2.06. The van der Waals surface area contributed by atoms with Gasteiger partial charge < -0.3 is 4.98 Å². The number of H-pyrrole nitrogens is 1. The molecule has 0 aliphatic heterocycles. The van der Waals surface area contributed by atoms with E-state index in [9.17, 15) is 0 Å². The Hall–Kier alpha value is -1.61. The Morgan fingerprint density at radius 3 is 3.00 bits per heavy atom. The van der Waals surface area contributed by atoms with Crippen molar-refractivity contribution < 1.29 is 0 Å². The van der Waals surface area contributed by atoms with Gasteiger partial charge in [-0.15, -0.1) is 0 Å². The van der Waals surface area contributed by atoms with Crippen molar-refractivity contribution in [1.29, 1.82) is 0 Å². The normalized spacial score (nSPS) is 11.2. The minimum Gasteiger partial charge on any atom is -0.361 e. The Kier molecular flexibility index (Phi) is 1.49. The second kappa shape index (κ2) is 2.69. The van der Waals surface area contributed by atoms with E-state index in [1.54, 1.807) is 6.33 Å². The quantitative estimate of drug-likeness (QED) is 0.611. The molecule has 0 amide bonds. The minimum absolute atomic E-state index is 0.699. The van der Waals surface area contributed by atoms with Crippen molar-refractivity contribution in [1.82, 2.24) is 15.0 Å². The van der Waals surface area contributed by atoms with Gasteiger partial charge in [0.1, 0.15) is 11.8 Å². The zero-order valence-electron chi connectivity index (χ0n) is 7.16. The molecule has 1 N–H and O–H groups in total. The predicted octanol–water partition coefficient (Wildman–Crippen LogP) is 2.76. The average Bonchev–Trinajstić information content (AvgIpc) is 2.65. The van der Waals surface area contributed by atoms with Crippen LogP contribution < -0.4 is 0 Å². The first kappa shape index (κ1) is 7.76. The summed E-state index contributed by atoms with van der Waals surface area (Å²) in [6.07, 6.45) is 3.36. The van der Waals surface area contributed by atoms with Gasteiger partial charge in [0.2, 0.25) is 0 Å². The van der Waals surface area contributed by atoms with Crippen LogP contribution in [0.2, 0.25) is 5.02 Å². The fraction of sp³-hybridized carbons (Fsp3) is 0. The maximum Gasteiger partial charge on any atom is 0.116 e. The number of pyridine rings is 1. The summed E-state index contributed by atoms with van der Waals surface area (Å²) in [4.78, 5) is 11.4. The molecule has 0 radical (unpaired) electrons. The SMILES string of the molecule is Clc1cc[nH]c2ccc3ncnc3c12. The van der Waals surface area contributed by atoms with E-state index in [0.29, 0.717) is 5.02 Å². The summed E-state index contributed by atoms with van der Waals surface area (Å²) >= 11 is 6.11. The molecule has 3 rings (SSSR count). The van der Waals surface area contributed by atoms with Crippen molar-refractivity contribution in [3.05, 3.63) is 35.7 Å². The topological polar surface area (TPSA) is 41.6 Å². The molecule has 0 spiro atoms. The number of imidazole rings is 1. The Labute approximate surface area is 84.7 Å². The highest BCUT2D eigenvalue weighted by Crippen LogP contribution is 2.27. The summed E-state index contributed by atoms with van der Waals surface area (Å²) < 4.78 is 0. The number of benzene rings is 1. The third-order valence-corrected chi connectivity index (χ3v) is 2.56. The maximum absolute atomic E-state index is 6.11. The lowest BCUT2D eigenvalue weighted by molar-refractivity contribution is 1.35. The lowest BCUT2D eigenvalue weighted by atomic mass is 10.2. The Bertz CT molecular complexity index is 615. The van der Waals surface area contributed by atoms with E-state index < -0.39 is 0 Å². The van der Waals surface area contributed by atoms with Crippen molar-refractivity contribution >= 4 is 33.5 Å². The van der Waals surface area contributed by atoms with Gasteiger partial charge in [-0.2, -0.15) is 0 Å². The van der Waals surface area contributed by atoms with Gasteiger partial charge in [0, 0.05) is 17.1 Å². The number of rotatable bonds is 0. The number of halogens is 1. The zero-order valence-corrected chi connectivity index (χ0v) is 7.92. The van der Waals surface area contributed by atoms with Crippen LogP contribution in [0.1, 0.15) is 0 Å². The number of nitrogens with one attached hydrogen (secondary N) is 1. The molecule has 0 saturated carbocycles. The molecular formula is C10H6ClN3. The van der Waals surface area contributed by atoms with E-state index >= 15 is 0 Å². The van der Waals surface area contributed by atoms with Crippen LogP contribution in [0.25, 0.3) is 21.9 Å². The Balaban J connectivity index is 2.67. The molecule has 2 heterocycles. The smallest absolute Gasteiger partial charge is 0.116 e. The number of hydrogen-bond acceptors (Lipinski definition) is 2. The summed E-state index contributed by atoms with van der Waals surface area (Å²) in [5.74, 6) is 0. The molecule has 0 aliphatic rings. The second-order valence-corrected chi connectivity index (χ2v) is 3.46. The largest absolute Gasteiger partial charge is 0.361 e. The Morgan fingerprint density at radius 1 is 1.14 bits per heavy atom. The molecule has 0 atom stereocenters. The summed E-state index contributed by atoms with van der Waals surface area (Å²) in [5.41, 5.74) is 2.70. The third-order valence-electron chi connectivity index (χ3n) is 2.25. The van der Waals surface area contributed by atoms with Gasteiger partial charge in [-0.25, -0.2) is 9.97 Å². The number of aromatic nitrogens is 3. The number of hydrogen-bond donors (Lipinski definition) is 1. The summed E-state index contributed by atoms with van der Waals surface area (Å²) in [6.45, 7) is 0. The van der Waals surface area contributed by atoms with Crippen molar-refractivity contribution in [2.24, 2.45) is 0 Å². The molecule has 2 aromatic heterocycles. The minimum atomic E-state index is 0.699. The number of nitrogens with zero attached hydrogens (tertiary/aromatic N) is 2. The number of fused-ring (bicyclic) bond motifs is 3. The van der Waals surface area contributed by atoms with E-state index in [4.69, 9.17) is 11.6 Å². The number of aromatic amines is 1. The molecule has 68 valence electrons. The molecule has 3 aromatic rings. The van der Waals surface area contributed by atoms with Gasteiger partial charge in [-0.05, 0) is 18.2 Å². The van der Waals surface area contributed by atoms with Gasteiger partial charge in [-0.1, -0.05) is 11.6 Å². The fourth-order valence-electron chi connectivity index (χ4n) is 1.61. The molecule has 1 aromatic carbocycles. The summed E-state index contributed by atoms with van der Waals surface area (Å²) in [5, 5.41) is 1.63. The Morgan fingerprint density at radius 2 is 2.07 bits per heavy atom. The van der Waals surface area contributed by atoms with E-state index in [-0.39, 0.29) is 0 Å². The van der Waals surface area contributed by atoms with Gasteiger partial charge in [0.15, 0.2) is 0 Å². The van der Waals surface area contributed by atoms with Crippen molar-refractivity contribution in [2.45, 2.75) is 0 Å². The molecule has 3 nitrogen and oxygen atoms in total. The lowest BCUT2D eigenvalue weighted by Crippen LogP contribution is -1.81. The van der Waals surface area contributed by atoms with Crippen molar-refractivity contribution in [3.8, 4) is 0 Å². The van der Waals surface area contributed by atoms with E-state index in [0.717, 1.165) is 21.9 Å². The van der Waals surface area contributed by atoms with Crippen LogP contribution in [0.4, 0.5) is 0 Å². The molecule has 0 aliphatic carbocycles. The van der Waals surface area contributed by atoms with Crippen molar-refractivity contribution in [2.75, 3.05) is 0 Å². The fourth-order valence-corrected chi connectivity index (χ4v) is 1.87. The van der Waals surface area contributed by atoms with Crippen LogP contribution in [0, 0.1) is 0 Å². The lowest BCUT2D eigenvalue weighted by Gasteiger charge is -2.00. The van der Waals surface area contributed by atoms with E-state index in [1.807, 2.05) is 24.4 Å². The highest BCUT2D eigenvalue weighted by molar-refractivity contribution is 6.37. The molecule has 0 unspecified atom stereocenters. The van der Waals surface area contributed by atoms with Gasteiger partial charge in [-0.3, -0.25) is 0 Å². The van der Waals surface area contributed by atoms with Crippen LogP contribution in [-0.2, 0) is 0 Å². The molecule has 0 bridgehead atoms. The average molecular weight is 204 g/mol. The molecule has 0 fully saturated rings. The van der Waals surface area contributed by atoms with Crippen LogP contribution in [-0.4, -0.2) is 15.0 Å². The first-order valence-corrected chi connectivity index (χ1v) is 4.60. The van der Waals surface area contributed by atoms with Crippen LogP contribution in [0.15, 0.2) is 30.7 Å². The van der Waals surface area contributed by atoms with Crippen LogP contribution in [0.3, 0.4) is 0 Å². The monoisotopic (exact) mass is 203 g/mol. The van der Waals surface area contributed by atoms with Gasteiger partial charge in [0.25, 0.3) is 0 Å². The molecule has 0 saturated heterocycles. The van der Waals surface area contributed by atoms with E-state index in [1.165, 1.54) is 0 Å². The standard InChI is InChI=1S/C10H6ClN3/c11-6-3-4-12-7-1-2-8-10(9(6)7)14-5-13-8/h1-5,12H. The second-order valence-electron chi connectivity index (χ2n) is 3.06. The molecular weight excluding hydrogens is 198 g/mol. The van der Waals surface area contributed by atoms with Gasteiger partial charge >= 0.3 is 0 Å². The van der Waals surface area contributed by atoms with Crippen LogP contribution >= 0.6 is 11.6 Å². The van der Waals surface area contributed by atoms with Gasteiger partial charge in [0.05, 0.1) is 10.5 Å². The molecule has 4 heteroatoms. The van der Waals surface area contributed by atoms with Crippen molar-refractivity contribution in [3.63, 3.8) is 0 Å². The highest BCUT2D eigenvalue weighted by atomic mass is 35.5. The third kappa shape index (κ3) is 0.930. The molecule has 14 heavy (non-hydrogen) atoms. The van der Waals surface area contributed by atoms with E-state index in [2.05, 4.69) is 15.0 Å². The summed E-state index contributed by atoms with van der Waals surface area (Å²) in [6, 6.07) is 5.70. The first-order chi connectivity index (χ1) is 6.86. The predicted molar refractivity (Wildman–Crippen MR) is 56.4 cm³/mol.